The van der Waals surface area contributed by atoms with Gasteiger partial charge in [0.05, 0.1) is 5.56 Å². The van der Waals surface area contributed by atoms with E-state index in [4.69, 9.17) is 0 Å². The highest BCUT2D eigenvalue weighted by atomic mass is 16.1. The smallest absolute Gasteiger partial charge is 0.253 e. The molecule has 0 spiro atoms. The third kappa shape index (κ3) is 4.49. The molecule has 0 heterocycles. The van der Waals surface area contributed by atoms with E-state index in [0.29, 0.717) is 18.7 Å². The second-order valence-corrected chi connectivity index (χ2v) is 4.71. The Morgan fingerprint density at radius 1 is 1.05 bits per heavy atom. The molecule has 21 heavy (non-hydrogen) atoms. The van der Waals surface area contributed by atoms with Gasteiger partial charge in [-0.05, 0) is 24.1 Å². The van der Waals surface area contributed by atoms with Crippen molar-refractivity contribution < 1.29 is 4.79 Å². The van der Waals surface area contributed by atoms with Gasteiger partial charge in [-0.25, -0.2) is 0 Å². The summed E-state index contributed by atoms with van der Waals surface area (Å²) < 4.78 is 0. The number of benzene rings is 2. The first kappa shape index (κ1) is 14.9. The summed E-state index contributed by atoms with van der Waals surface area (Å²) in [4.78, 5) is 12.2. The molecule has 1 amide bonds. The molecular formula is C18H20N2O. The van der Waals surface area contributed by atoms with E-state index >= 15 is 0 Å². The summed E-state index contributed by atoms with van der Waals surface area (Å²) in [5.74, 6) is -0.0573. The van der Waals surface area contributed by atoms with Gasteiger partial charge in [-0.2, -0.15) is 0 Å². The van der Waals surface area contributed by atoms with Crippen molar-refractivity contribution >= 4 is 11.6 Å². The molecule has 3 nitrogen and oxygen atoms in total. The maximum absolute atomic E-state index is 12.2. The average Bonchev–Trinajstić information content (AvgIpc) is 2.54. The van der Waals surface area contributed by atoms with Crippen LogP contribution in [0.5, 0.6) is 0 Å². The maximum atomic E-state index is 12.2. The lowest BCUT2D eigenvalue weighted by atomic mass is 10.1. The molecule has 2 rings (SSSR count). The minimum Gasteiger partial charge on any atom is -0.381 e. The van der Waals surface area contributed by atoms with Crippen LogP contribution in [-0.4, -0.2) is 19.0 Å². The Hall–Kier alpha value is -2.55. The van der Waals surface area contributed by atoms with Gasteiger partial charge in [0.15, 0.2) is 0 Å². The molecule has 3 heteroatoms. The van der Waals surface area contributed by atoms with Crippen LogP contribution >= 0.6 is 0 Å². The lowest BCUT2D eigenvalue weighted by Gasteiger charge is -2.11. The lowest BCUT2D eigenvalue weighted by molar-refractivity contribution is 0.0955. The minimum absolute atomic E-state index is 0.0573. The highest BCUT2D eigenvalue weighted by molar-refractivity contribution is 5.99. The number of carbonyl (C=O) groups excluding carboxylic acids is 1. The standard InChI is InChI=1S/C18H20N2O/c1-2-13-19-17-11-7-6-10-16(17)18(21)20-14-12-15-8-4-3-5-9-15/h2-11,19H,1,12-14H2,(H,20,21). The van der Waals surface area contributed by atoms with Crippen molar-refractivity contribution in [1.82, 2.24) is 5.32 Å². The number of rotatable bonds is 7. The van der Waals surface area contributed by atoms with Crippen LogP contribution in [0.15, 0.2) is 67.3 Å². The zero-order valence-corrected chi connectivity index (χ0v) is 12.0. The molecule has 2 aromatic rings. The van der Waals surface area contributed by atoms with Crippen LogP contribution in [0.4, 0.5) is 5.69 Å². The van der Waals surface area contributed by atoms with Crippen molar-refractivity contribution in [1.29, 1.82) is 0 Å². The molecule has 2 aromatic carbocycles. The maximum Gasteiger partial charge on any atom is 0.253 e. The van der Waals surface area contributed by atoms with Gasteiger partial charge in [0.25, 0.3) is 5.91 Å². The normalized spacial score (nSPS) is 9.90. The summed E-state index contributed by atoms with van der Waals surface area (Å²) in [5, 5.41) is 6.13. The third-order valence-corrected chi connectivity index (χ3v) is 3.15. The van der Waals surface area contributed by atoms with Gasteiger partial charge in [0.2, 0.25) is 0 Å². The quantitative estimate of drug-likeness (QED) is 0.764. The SMILES string of the molecule is C=CCNc1ccccc1C(=O)NCCc1ccccc1. The van der Waals surface area contributed by atoms with Gasteiger partial charge in [-0.15, -0.1) is 6.58 Å². The van der Waals surface area contributed by atoms with Gasteiger partial charge >= 0.3 is 0 Å². The summed E-state index contributed by atoms with van der Waals surface area (Å²) in [6, 6.07) is 17.6. The summed E-state index contributed by atoms with van der Waals surface area (Å²) in [5.41, 5.74) is 2.71. The fourth-order valence-corrected chi connectivity index (χ4v) is 2.08. The van der Waals surface area contributed by atoms with Crippen LogP contribution in [0, 0.1) is 0 Å². The van der Waals surface area contributed by atoms with Crippen molar-refractivity contribution in [2.24, 2.45) is 0 Å². The number of hydrogen-bond donors (Lipinski definition) is 2. The number of para-hydroxylation sites is 1. The number of amides is 1. The van der Waals surface area contributed by atoms with E-state index in [1.165, 1.54) is 5.56 Å². The topological polar surface area (TPSA) is 41.1 Å². The molecule has 0 saturated carbocycles. The molecule has 0 atom stereocenters. The predicted molar refractivity (Wildman–Crippen MR) is 87.6 cm³/mol. The first-order chi connectivity index (χ1) is 10.3. The molecule has 0 aromatic heterocycles. The monoisotopic (exact) mass is 280 g/mol. The fraction of sp³-hybridized carbons (Fsp3) is 0.167. The van der Waals surface area contributed by atoms with Gasteiger partial charge in [0, 0.05) is 18.8 Å². The van der Waals surface area contributed by atoms with Crippen LogP contribution in [-0.2, 0) is 6.42 Å². The van der Waals surface area contributed by atoms with Crippen LogP contribution < -0.4 is 10.6 Å². The van der Waals surface area contributed by atoms with E-state index in [9.17, 15) is 4.79 Å². The average molecular weight is 280 g/mol. The van der Waals surface area contributed by atoms with Crippen LogP contribution in [0.1, 0.15) is 15.9 Å². The summed E-state index contributed by atoms with van der Waals surface area (Å²) >= 11 is 0. The molecule has 0 fully saturated rings. The van der Waals surface area contributed by atoms with Crippen molar-refractivity contribution in [3.05, 3.63) is 78.4 Å². The molecule has 108 valence electrons. The lowest BCUT2D eigenvalue weighted by Crippen LogP contribution is -2.26. The molecule has 0 unspecified atom stereocenters. The zero-order valence-electron chi connectivity index (χ0n) is 12.0. The van der Waals surface area contributed by atoms with Gasteiger partial charge in [-0.3, -0.25) is 4.79 Å². The van der Waals surface area contributed by atoms with Crippen molar-refractivity contribution in [2.45, 2.75) is 6.42 Å². The van der Waals surface area contributed by atoms with E-state index in [1.807, 2.05) is 42.5 Å². The number of anilines is 1. The molecule has 0 aliphatic heterocycles. The second kappa shape index (κ2) is 7.90. The predicted octanol–water partition coefficient (Wildman–Crippen LogP) is 3.26. The first-order valence-corrected chi connectivity index (χ1v) is 7.07. The Bertz CT molecular complexity index is 593. The third-order valence-electron chi connectivity index (χ3n) is 3.15. The Morgan fingerprint density at radius 2 is 1.76 bits per heavy atom. The Balaban J connectivity index is 1.92. The highest BCUT2D eigenvalue weighted by Crippen LogP contribution is 2.14. The highest BCUT2D eigenvalue weighted by Gasteiger charge is 2.09. The molecule has 0 saturated heterocycles. The van der Waals surface area contributed by atoms with E-state index in [2.05, 4.69) is 29.3 Å². The van der Waals surface area contributed by atoms with Crippen LogP contribution in [0.25, 0.3) is 0 Å². The number of nitrogens with one attached hydrogen (secondary N) is 2. The number of carbonyl (C=O) groups is 1. The molecule has 0 aliphatic carbocycles. The van der Waals surface area contributed by atoms with Gasteiger partial charge in [0.1, 0.15) is 0 Å². The van der Waals surface area contributed by atoms with Crippen molar-refractivity contribution in [3.8, 4) is 0 Å². The number of hydrogen-bond acceptors (Lipinski definition) is 2. The van der Waals surface area contributed by atoms with E-state index in [-0.39, 0.29) is 5.91 Å². The van der Waals surface area contributed by atoms with Gasteiger partial charge in [-0.1, -0.05) is 48.5 Å². The fourth-order valence-electron chi connectivity index (χ4n) is 2.08. The molecule has 2 N–H and O–H groups in total. The van der Waals surface area contributed by atoms with E-state index < -0.39 is 0 Å². The molecule has 0 bridgehead atoms. The van der Waals surface area contributed by atoms with E-state index in [1.54, 1.807) is 6.08 Å². The molecular weight excluding hydrogens is 260 g/mol. The summed E-state index contributed by atoms with van der Waals surface area (Å²) in [6.07, 6.45) is 2.60. The Morgan fingerprint density at radius 3 is 2.52 bits per heavy atom. The van der Waals surface area contributed by atoms with Crippen LogP contribution in [0.2, 0.25) is 0 Å². The summed E-state index contributed by atoms with van der Waals surface area (Å²) in [6.45, 7) is 4.93. The summed E-state index contributed by atoms with van der Waals surface area (Å²) in [7, 11) is 0. The van der Waals surface area contributed by atoms with Crippen LogP contribution in [0.3, 0.4) is 0 Å². The molecule has 0 radical (unpaired) electrons. The first-order valence-electron chi connectivity index (χ1n) is 7.07. The van der Waals surface area contributed by atoms with Crippen molar-refractivity contribution in [3.63, 3.8) is 0 Å². The van der Waals surface area contributed by atoms with Gasteiger partial charge < -0.3 is 10.6 Å². The zero-order chi connectivity index (χ0) is 14.9. The largest absolute Gasteiger partial charge is 0.381 e. The second-order valence-electron chi connectivity index (χ2n) is 4.71. The van der Waals surface area contributed by atoms with Crippen molar-refractivity contribution in [2.75, 3.05) is 18.4 Å². The minimum atomic E-state index is -0.0573. The Labute approximate surface area is 125 Å². The Kier molecular flexibility index (Phi) is 5.59. The van der Waals surface area contributed by atoms with E-state index in [0.717, 1.165) is 12.1 Å². The molecule has 0 aliphatic rings.